The molecule has 0 bridgehead atoms. The largest absolute Gasteiger partial charge is 0.444 e. The van der Waals surface area contributed by atoms with E-state index < -0.39 is 11.4 Å². The second kappa shape index (κ2) is 8.74. The Balaban J connectivity index is 1.37. The summed E-state index contributed by atoms with van der Waals surface area (Å²) >= 11 is 8.48. The van der Waals surface area contributed by atoms with Crippen molar-refractivity contribution in [3.8, 4) is 0 Å². The third-order valence-electron chi connectivity index (χ3n) is 7.13. The molecule has 1 amide bonds. The minimum atomic E-state index is -0.633. The summed E-state index contributed by atoms with van der Waals surface area (Å²) in [5.41, 5.74) is 0.353. The molecule has 2 aliphatic heterocycles. The number of ether oxygens (including phenoxy) is 3. The lowest BCUT2D eigenvalue weighted by molar-refractivity contribution is -0.163. The van der Waals surface area contributed by atoms with Crippen LogP contribution < -0.4 is 0 Å². The van der Waals surface area contributed by atoms with E-state index in [1.54, 1.807) is 6.20 Å². The number of piperidine rings is 1. The molecule has 0 radical (unpaired) electrons. The molecule has 0 spiro atoms. The van der Waals surface area contributed by atoms with Gasteiger partial charge in [0.05, 0.1) is 17.5 Å². The van der Waals surface area contributed by atoms with E-state index in [4.69, 9.17) is 25.8 Å². The molecule has 34 heavy (non-hydrogen) atoms. The molecule has 8 nitrogen and oxygen atoms in total. The highest BCUT2D eigenvalue weighted by atomic mass is 127. The van der Waals surface area contributed by atoms with E-state index in [0.717, 1.165) is 33.9 Å². The number of carbonyl (C=O) groups excluding carboxylic acids is 1. The zero-order valence-corrected chi connectivity index (χ0v) is 23.2. The van der Waals surface area contributed by atoms with Crippen molar-refractivity contribution in [2.24, 2.45) is 11.8 Å². The number of carbonyl (C=O) groups is 1. The number of nitrogens with zero attached hydrogens (tertiary/aromatic N) is 4. The maximum absolute atomic E-state index is 12.5. The van der Waals surface area contributed by atoms with Gasteiger partial charge < -0.3 is 23.7 Å². The van der Waals surface area contributed by atoms with Gasteiger partial charge in [-0.15, -0.1) is 0 Å². The summed E-state index contributed by atoms with van der Waals surface area (Å²) in [6.07, 6.45) is 6.43. The maximum Gasteiger partial charge on any atom is 0.410 e. The highest BCUT2D eigenvalue weighted by Gasteiger charge is 2.56. The van der Waals surface area contributed by atoms with Crippen molar-refractivity contribution < 1.29 is 19.0 Å². The minimum Gasteiger partial charge on any atom is -0.444 e. The highest BCUT2D eigenvalue weighted by Crippen LogP contribution is 2.51. The van der Waals surface area contributed by atoms with Crippen molar-refractivity contribution in [1.29, 1.82) is 0 Å². The SMILES string of the molecule is CC(C)(C)OC(=O)N1CCC([C@H]2C[C@@H](n3cc(I)c4cnc(Cl)nc43)[C@@H]3OC(C)(C)O[C@@H]32)CC1. The Kier molecular flexibility index (Phi) is 6.30. The van der Waals surface area contributed by atoms with E-state index in [1.165, 1.54) is 0 Å². The fourth-order valence-corrected chi connectivity index (χ4v) is 6.59. The van der Waals surface area contributed by atoms with Crippen LogP contribution in [-0.4, -0.2) is 62.2 Å². The molecule has 1 aliphatic carbocycles. The van der Waals surface area contributed by atoms with E-state index in [-0.39, 0.29) is 29.6 Å². The molecule has 0 aromatic carbocycles. The third-order valence-corrected chi connectivity index (χ3v) is 8.17. The predicted molar refractivity (Wildman–Crippen MR) is 137 cm³/mol. The molecule has 5 rings (SSSR count). The minimum absolute atomic E-state index is 0.00509. The van der Waals surface area contributed by atoms with Crippen molar-refractivity contribution in [1.82, 2.24) is 19.4 Å². The molecule has 186 valence electrons. The molecule has 4 atom stereocenters. The molecular weight excluding hydrogens is 571 g/mol. The smallest absolute Gasteiger partial charge is 0.410 e. The molecule has 0 N–H and O–H groups in total. The molecule has 2 aromatic rings. The summed E-state index contributed by atoms with van der Waals surface area (Å²) in [5, 5.41) is 1.24. The van der Waals surface area contributed by atoms with Crippen LogP contribution in [0.25, 0.3) is 11.0 Å². The van der Waals surface area contributed by atoms with Crippen LogP contribution in [0.15, 0.2) is 12.4 Å². The number of fused-ring (bicyclic) bond motifs is 2. The van der Waals surface area contributed by atoms with Crippen LogP contribution in [0.3, 0.4) is 0 Å². The normalized spacial score (nSPS) is 29.6. The van der Waals surface area contributed by atoms with Gasteiger partial charge in [-0.3, -0.25) is 0 Å². The number of aromatic nitrogens is 3. The summed E-state index contributed by atoms with van der Waals surface area (Å²) in [4.78, 5) is 23.1. The Hall–Kier alpha value is -1.17. The zero-order chi connectivity index (χ0) is 24.4. The molecule has 2 saturated heterocycles. The van der Waals surface area contributed by atoms with Gasteiger partial charge in [-0.2, -0.15) is 4.98 Å². The molecule has 3 fully saturated rings. The molecular formula is C24H32ClIN4O4. The number of likely N-dealkylation sites (tertiary alicyclic amines) is 1. The summed E-state index contributed by atoms with van der Waals surface area (Å²) in [6.45, 7) is 11.1. The first kappa shape index (κ1) is 24.5. The summed E-state index contributed by atoms with van der Waals surface area (Å²) in [6, 6.07) is 0.0950. The second-order valence-electron chi connectivity index (χ2n) is 11.1. The standard InChI is InChI=1S/C24H32ClIN4O4/c1-23(2,3)34-22(31)29-8-6-13(7-9-29)14-10-17(19-18(14)32-24(4,5)33-19)30-12-16(26)15-11-27-21(25)28-20(15)30/h11-14,17-19H,6-10H2,1-5H3/t14-,17-,18-,19+/m1/s1. The lowest BCUT2D eigenvalue weighted by Crippen LogP contribution is -2.44. The predicted octanol–water partition coefficient (Wildman–Crippen LogP) is 5.42. The third kappa shape index (κ3) is 4.65. The van der Waals surface area contributed by atoms with E-state index in [0.29, 0.717) is 24.9 Å². The van der Waals surface area contributed by atoms with Crippen molar-refractivity contribution in [3.63, 3.8) is 0 Å². The van der Waals surface area contributed by atoms with Gasteiger partial charge in [0.15, 0.2) is 5.79 Å². The highest BCUT2D eigenvalue weighted by molar-refractivity contribution is 14.1. The number of hydrogen-bond acceptors (Lipinski definition) is 6. The van der Waals surface area contributed by atoms with Gasteiger partial charge in [-0.05, 0) is 99.9 Å². The van der Waals surface area contributed by atoms with Crippen LogP contribution in [0.5, 0.6) is 0 Å². The Labute approximate surface area is 218 Å². The molecule has 1 saturated carbocycles. The fraction of sp³-hybridized carbons (Fsp3) is 0.708. The Morgan fingerprint density at radius 2 is 1.91 bits per heavy atom. The van der Waals surface area contributed by atoms with Gasteiger partial charge in [0.2, 0.25) is 5.28 Å². The van der Waals surface area contributed by atoms with Gasteiger partial charge in [-0.25, -0.2) is 9.78 Å². The average Bonchev–Trinajstić information content (AvgIpc) is 3.34. The summed E-state index contributed by atoms with van der Waals surface area (Å²) in [7, 11) is 0. The number of hydrogen-bond donors (Lipinski definition) is 0. The quantitative estimate of drug-likeness (QED) is 0.338. The van der Waals surface area contributed by atoms with Crippen LogP contribution in [-0.2, 0) is 14.2 Å². The summed E-state index contributed by atoms with van der Waals surface area (Å²) < 4.78 is 21.8. The first-order chi connectivity index (χ1) is 15.9. The lowest BCUT2D eigenvalue weighted by atomic mass is 9.82. The topological polar surface area (TPSA) is 78.7 Å². The van der Waals surface area contributed by atoms with Crippen LogP contribution in [0, 0.1) is 15.4 Å². The zero-order valence-electron chi connectivity index (χ0n) is 20.3. The van der Waals surface area contributed by atoms with Gasteiger partial charge in [0.1, 0.15) is 17.4 Å². The number of rotatable bonds is 2. The molecule has 0 unspecified atom stereocenters. The van der Waals surface area contributed by atoms with Crippen molar-refractivity contribution in [3.05, 3.63) is 21.2 Å². The van der Waals surface area contributed by atoms with E-state index >= 15 is 0 Å². The van der Waals surface area contributed by atoms with Gasteiger partial charge in [0.25, 0.3) is 0 Å². The average molecular weight is 603 g/mol. The van der Waals surface area contributed by atoms with Crippen LogP contribution in [0.2, 0.25) is 5.28 Å². The van der Waals surface area contributed by atoms with E-state index in [1.807, 2.05) is 39.5 Å². The molecule has 10 heteroatoms. The molecule has 4 heterocycles. The van der Waals surface area contributed by atoms with Crippen LogP contribution >= 0.6 is 34.2 Å². The molecule has 3 aliphatic rings. The fourth-order valence-electron chi connectivity index (χ4n) is 5.79. The number of amides is 1. The van der Waals surface area contributed by atoms with Gasteiger partial charge in [-0.1, -0.05) is 0 Å². The van der Waals surface area contributed by atoms with Crippen molar-refractivity contribution in [2.75, 3.05) is 13.1 Å². The van der Waals surface area contributed by atoms with Crippen molar-refractivity contribution >= 4 is 51.3 Å². The lowest BCUT2D eigenvalue weighted by Gasteiger charge is -2.37. The maximum atomic E-state index is 12.5. The second-order valence-corrected chi connectivity index (χ2v) is 12.6. The summed E-state index contributed by atoms with van der Waals surface area (Å²) in [5.74, 6) is 0.157. The Bertz CT molecular complexity index is 1090. The molecule has 2 aromatic heterocycles. The Morgan fingerprint density at radius 1 is 1.24 bits per heavy atom. The van der Waals surface area contributed by atoms with E-state index in [9.17, 15) is 4.79 Å². The Morgan fingerprint density at radius 3 is 2.59 bits per heavy atom. The first-order valence-corrected chi connectivity index (χ1v) is 13.4. The van der Waals surface area contributed by atoms with Gasteiger partial charge >= 0.3 is 6.09 Å². The van der Waals surface area contributed by atoms with Gasteiger partial charge in [0, 0.05) is 29.1 Å². The monoisotopic (exact) mass is 602 g/mol. The van der Waals surface area contributed by atoms with Crippen molar-refractivity contribution in [2.45, 2.75) is 83.5 Å². The number of halogens is 2. The van der Waals surface area contributed by atoms with Crippen LogP contribution in [0.1, 0.15) is 59.9 Å². The van der Waals surface area contributed by atoms with Crippen LogP contribution in [0.4, 0.5) is 4.79 Å². The van der Waals surface area contributed by atoms with E-state index in [2.05, 4.69) is 43.3 Å². The first-order valence-electron chi connectivity index (χ1n) is 11.9.